The van der Waals surface area contributed by atoms with E-state index in [-0.39, 0.29) is 35.4 Å². The highest BCUT2D eigenvalue weighted by Crippen LogP contribution is 2.42. The summed E-state index contributed by atoms with van der Waals surface area (Å²) in [6.07, 6.45) is 1.50. The molecule has 0 aliphatic heterocycles. The number of nitrogen functional groups attached to an aromatic ring is 1. The lowest BCUT2D eigenvalue weighted by atomic mass is 9.96. The highest BCUT2D eigenvalue weighted by atomic mass is 32.1. The van der Waals surface area contributed by atoms with E-state index in [1.165, 1.54) is 31.2 Å². The zero-order chi connectivity index (χ0) is 27.4. The van der Waals surface area contributed by atoms with Gasteiger partial charge in [0, 0.05) is 17.0 Å². The third-order valence-electron chi connectivity index (χ3n) is 5.35. The fourth-order valence-electron chi connectivity index (χ4n) is 3.33. The first-order valence-corrected chi connectivity index (χ1v) is 12.1. The Morgan fingerprint density at radius 1 is 1.21 bits per heavy atom. The molecule has 1 aromatic carbocycles. The van der Waals surface area contributed by atoms with Crippen molar-refractivity contribution in [2.75, 3.05) is 38.5 Å². The fourth-order valence-corrected chi connectivity index (χ4v) is 4.05. The molecule has 13 nitrogen and oxygen atoms in total. The summed E-state index contributed by atoms with van der Waals surface area (Å²) in [5.74, 6) is -0.146. The second-order valence-electron chi connectivity index (χ2n) is 8.80. The highest BCUT2D eigenvalue weighted by molar-refractivity contribution is 7.17. The number of aromatic nitrogens is 4. The smallest absolute Gasteiger partial charge is 0.379 e. The Labute approximate surface area is 220 Å². The van der Waals surface area contributed by atoms with Crippen molar-refractivity contribution < 1.29 is 28.5 Å². The molecule has 0 saturated heterocycles. The number of aliphatic hydroxyl groups is 1. The van der Waals surface area contributed by atoms with Crippen LogP contribution in [0, 0.1) is 5.41 Å². The van der Waals surface area contributed by atoms with Crippen LogP contribution in [-0.4, -0.2) is 58.4 Å². The van der Waals surface area contributed by atoms with Gasteiger partial charge in [-0.25, -0.2) is 4.79 Å². The Kier molecular flexibility index (Phi) is 7.64. The topological polar surface area (TPSA) is 177 Å². The summed E-state index contributed by atoms with van der Waals surface area (Å²) in [7, 11) is 2.93. The van der Waals surface area contributed by atoms with Crippen LogP contribution in [0.4, 0.5) is 10.9 Å². The number of methoxy groups -OCH3 is 2. The molecule has 0 spiro atoms. The van der Waals surface area contributed by atoms with Crippen LogP contribution < -0.4 is 30.9 Å². The zero-order valence-electron chi connectivity index (χ0n) is 21.0. The van der Waals surface area contributed by atoms with Gasteiger partial charge in [0.15, 0.2) is 5.76 Å². The maximum atomic E-state index is 13.1. The monoisotopic (exact) mass is 542 g/mol. The molecule has 0 unspecified atom stereocenters. The van der Waals surface area contributed by atoms with Crippen molar-refractivity contribution in [2.45, 2.75) is 13.8 Å². The lowest BCUT2D eigenvalue weighted by Gasteiger charge is -2.23. The Morgan fingerprint density at radius 3 is 2.53 bits per heavy atom. The van der Waals surface area contributed by atoms with E-state index in [1.807, 2.05) is 0 Å². The summed E-state index contributed by atoms with van der Waals surface area (Å²) in [6, 6.07) is 8.02. The van der Waals surface area contributed by atoms with Gasteiger partial charge in [0.1, 0.15) is 17.3 Å². The van der Waals surface area contributed by atoms with Crippen LogP contribution in [0.2, 0.25) is 0 Å². The lowest BCUT2D eigenvalue weighted by molar-refractivity contribution is 0.0941. The second kappa shape index (κ2) is 10.9. The van der Waals surface area contributed by atoms with Crippen LogP contribution in [0.5, 0.6) is 17.2 Å². The SMILES string of the molecule is COc1cccc(OC)c1-c1cc(C(=O)Nc2nnc(-n3nccc3N)s2)oc(=O)c1OCC(C)(C)CO. The number of carbonyl (C=O) groups excluding carboxylic acids is 1. The molecule has 4 N–H and O–H groups in total. The van der Waals surface area contributed by atoms with Crippen molar-refractivity contribution >= 4 is 28.2 Å². The van der Waals surface area contributed by atoms with Gasteiger partial charge in [-0.15, -0.1) is 10.2 Å². The predicted octanol–water partition coefficient (Wildman–Crippen LogP) is 2.59. The molecule has 4 rings (SSSR count). The summed E-state index contributed by atoms with van der Waals surface area (Å²) in [4.78, 5) is 26.2. The van der Waals surface area contributed by atoms with Gasteiger partial charge in [-0.2, -0.15) is 9.78 Å². The molecule has 0 fully saturated rings. The minimum absolute atomic E-state index is 0.00557. The van der Waals surface area contributed by atoms with E-state index in [0.717, 1.165) is 11.3 Å². The predicted molar refractivity (Wildman–Crippen MR) is 139 cm³/mol. The Hall–Kier alpha value is -4.43. The molecule has 0 bridgehead atoms. The first-order chi connectivity index (χ1) is 18.2. The molecule has 0 aliphatic rings. The molecule has 0 aliphatic carbocycles. The molecule has 3 heterocycles. The van der Waals surface area contributed by atoms with Gasteiger partial charge in [0.2, 0.25) is 16.0 Å². The minimum atomic E-state index is -0.906. The largest absolute Gasteiger partial charge is 0.496 e. The van der Waals surface area contributed by atoms with Crippen LogP contribution in [0.1, 0.15) is 24.4 Å². The maximum absolute atomic E-state index is 13.1. The maximum Gasteiger partial charge on any atom is 0.379 e. The Bertz CT molecular complexity index is 1490. The number of nitrogens with one attached hydrogen (secondary N) is 1. The number of carbonyl (C=O) groups is 1. The van der Waals surface area contributed by atoms with Crippen molar-refractivity contribution in [1.82, 2.24) is 20.0 Å². The number of hydrogen-bond acceptors (Lipinski definition) is 12. The van der Waals surface area contributed by atoms with Gasteiger partial charge in [-0.3, -0.25) is 10.1 Å². The molecule has 14 heteroatoms. The summed E-state index contributed by atoms with van der Waals surface area (Å²) < 4.78 is 23.5. The number of benzene rings is 1. The summed E-state index contributed by atoms with van der Waals surface area (Å²) >= 11 is 1.02. The number of amides is 1. The van der Waals surface area contributed by atoms with E-state index >= 15 is 0 Å². The standard InChI is InChI=1S/C24H26N6O7S/c1-24(2,11-31)12-36-19-13(18-14(34-3)6-5-7-15(18)35-4)10-16(37-21(19)33)20(32)27-22-28-29-23(38-22)30-17(25)8-9-26-30/h5-10,31H,11-12,25H2,1-4H3,(H,27,28,32). The van der Waals surface area contributed by atoms with Gasteiger partial charge in [0.25, 0.3) is 5.91 Å². The first kappa shape index (κ1) is 26.6. The Balaban J connectivity index is 1.75. The molecule has 38 heavy (non-hydrogen) atoms. The molecular formula is C24H26N6O7S. The highest BCUT2D eigenvalue weighted by Gasteiger charge is 2.27. The average Bonchev–Trinajstić information content (AvgIpc) is 3.55. The third kappa shape index (κ3) is 5.45. The van der Waals surface area contributed by atoms with Gasteiger partial charge >= 0.3 is 5.63 Å². The van der Waals surface area contributed by atoms with Gasteiger partial charge in [0.05, 0.1) is 39.2 Å². The average molecular weight is 543 g/mol. The summed E-state index contributed by atoms with van der Waals surface area (Å²) in [5, 5.41) is 24.6. The number of rotatable bonds is 10. The number of nitrogens with zero attached hydrogens (tertiary/aromatic N) is 4. The van der Waals surface area contributed by atoms with Crippen molar-refractivity contribution in [3.63, 3.8) is 0 Å². The van der Waals surface area contributed by atoms with Crippen LogP contribution in [-0.2, 0) is 0 Å². The molecule has 1 amide bonds. The Morgan fingerprint density at radius 2 is 1.92 bits per heavy atom. The normalized spacial score (nSPS) is 11.3. The van der Waals surface area contributed by atoms with Crippen LogP contribution in [0.3, 0.4) is 0 Å². The quantitative estimate of drug-likeness (QED) is 0.268. The summed E-state index contributed by atoms with van der Waals surface area (Å²) in [5.41, 5.74) is 4.86. The number of hydrogen-bond donors (Lipinski definition) is 3. The molecule has 0 atom stereocenters. The zero-order valence-corrected chi connectivity index (χ0v) is 21.9. The van der Waals surface area contributed by atoms with E-state index in [9.17, 15) is 14.7 Å². The molecule has 4 aromatic rings. The molecule has 3 aromatic heterocycles. The van der Waals surface area contributed by atoms with E-state index in [2.05, 4.69) is 20.6 Å². The van der Waals surface area contributed by atoms with E-state index in [0.29, 0.717) is 28.0 Å². The van der Waals surface area contributed by atoms with Crippen LogP contribution in [0.25, 0.3) is 16.3 Å². The first-order valence-electron chi connectivity index (χ1n) is 11.3. The molecule has 200 valence electrons. The minimum Gasteiger partial charge on any atom is -0.496 e. The summed E-state index contributed by atoms with van der Waals surface area (Å²) in [6.45, 7) is 3.36. The second-order valence-corrected chi connectivity index (χ2v) is 9.76. The van der Waals surface area contributed by atoms with E-state index in [1.54, 1.807) is 38.1 Å². The fraction of sp³-hybridized carbons (Fsp3) is 0.292. The number of aliphatic hydroxyl groups excluding tert-OH is 1. The number of nitrogens with two attached hydrogens (primary N) is 1. The lowest BCUT2D eigenvalue weighted by Crippen LogP contribution is -2.27. The van der Waals surface area contributed by atoms with Gasteiger partial charge < -0.3 is 29.5 Å². The van der Waals surface area contributed by atoms with Crippen molar-refractivity contribution in [3.8, 4) is 33.5 Å². The van der Waals surface area contributed by atoms with Gasteiger partial charge in [-0.05, 0) is 18.2 Å². The molecular weight excluding hydrogens is 516 g/mol. The van der Waals surface area contributed by atoms with Crippen LogP contribution in [0.15, 0.2) is 45.7 Å². The molecule has 0 saturated carbocycles. The van der Waals surface area contributed by atoms with Crippen molar-refractivity contribution in [2.24, 2.45) is 5.41 Å². The molecule has 0 radical (unpaired) electrons. The van der Waals surface area contributed by atoms with E-state index in [4.69, 9.17) is 24.4 Å². The van der Waals surface area contributed by atoms with E-state index < -0.39 is 16.9 Å². The van der Waals surface area contributed by atoms with Gasteiger partial charge in [-0.1, -0.05) is 31.3 Å². The van der Waals surface area contributed by atoms with Crippen LogP contribution >= 0.6 is 11.3 Å². The number of anilines is 2. The van der Waals surface area contributed by atoms with Crippen molar-refractivity contribution in [1.29, 1.82) is 0 Å². The van der Waals surface area contributed by atoms with Crippen molar-refractivity contribution in [3.05, 3.63) is 52.7 Å². The third-order valence-corrected chi connectivity index (χ3v) is 6.17. The number of ether oxygens (including phenoxy) is 3.